The van der Waals surface area contributed by atoms with Gasteiger partial charge in [-0.05, 0) is 62.1 Å². The molecule has 0 bridgehead atoms. The number of rotatable bonds is 25. The van der Waals surface area contributed by atoms with E-state index in [0.717, 1.165) is 33.4 Å². The molecule has 0 saturated heterocycles. The molecule has 0 aliphatic carbocycles. The fourth-order valence-electron chi connectivity index (χ4n) is 7.64. The lowest BCUT2D eigenvalue weighted by molar-refractivity contribution is 0.0657. The number of aromatic nitrogens is 6. The van der Waals surface area contributed by atoms with Gasteiger partial charge < -0.3 is 76.0 Å². The molecule has 6 aromatic rings. The number of ether oxygens (including phenoxy) is 1. The number of carbonyl (C=O) groups excluding carboxylic acids is 6. The fourth-order valence-corrected chi connectivity index (χ4v) is 7.64. The van der Waals surface area contributed by atoms with Crippen LogP contribution in [-0.2, 0) is 18.8 Å². The third-order valence-corrected chi connectivity index (χ3v) is 12.1. The Morgan fingerprint density at radius 3 is 1.07 bits per heavy atom. The van der Waals surface area contributed by atoms with Crippen LogP contribution in [-0.4, -0.2) is 170 Å². The second kappa shape index (κ2) is 30.0. The number of pyridine rings is 6. The number of unbranched alkanes of at least 4 members (excludes halogenated alkanes) is 1. The molecule has 0 saturated carbocycles. The predicted octanol–water partition coefficient (Wildman–Crippen LogP) is -2.04. The van der Waals surface area contributed by atoms with Gasteiger partial charge in [-0.25, -0.2) is 0 Å². The van der Waals surface area contributed by atoms with Crippen molar-refractivity contribution in [3.63, 3.8) is 0 Å². The minimum absolute atomic E-state index is 0.00576. The Bertz CT molecular complexity index is 3480. The number of hydrogen-bond acceptors (Lipinski definition) is 19. The third kappa shape index (κ3) is 16.9. The fraction of sp³-hybridized carbons (Fsp3) is 0.308. The van der Waals surface area contributed by atoms with E-state index >= 15 is 0 Å². The molecule has 0 aliphatic rings. The normalized spacial score (nSPS) is 10.7. The maximum atomic E-state index is 13.5. The van der Waals surface area contributed by atoms with E-state index in [4.69, 9.17) is 4.74 Å². The molecule has 31 nitrogen and oxygen atoms in total. The van der Waals surface area contributed by atoms with Crippen molar-refractivity contribution in [2.24, 2.45) is 14.1 Å². The summed E-state index contributed by atoms with van der Waals surface area (Å²) in [7, 11) is 2.91. The molecular weight excluding hydrogens is 1100 g/mol. The minimum Gasteiger partial charge on any atom is -0.502 e. The zero-order valence-corrected chi connectivity index (χ0v) is 44.7. The first-order valence-electron chi connectivity index (χ1n) is 25.3. The van der Waals surface area contributed by atoms with Crippen LogP contribution in [0.5, 0.6) is 11.5 Å². The van der Waals surface area contributed by atoms with Crippen molar-refractivity contribution in [3.8, 4) is 11.5 Å². The van der Waals surface area contributed by atoms with Crippen molar-refractivity contribution in [1.82, 2.24) is 59.1 Å². The number of nitrogens with zero attached hydrogens (tertiary/aromatic N) is 8. The van der Waals surface area contributed by atoms with Gasteiger partial charge in [0.15, 0.2) is 11.5 Å². The predicted molar refractivity (Wildman–Crippen MR) is 289 cm³/mol. The van der Waals surface area contributed by atoms with Crippen LogP contribution >= 0.6 is 0 Å². The number of nitrogens with one attached hydrogen (secondary N) is 4. The van der Waals surface area contributed by atoms with Crippen molar-refractivity contribution in [2.45, 2.75) is 25.7 Å². The molecule has 0 fully saturated rings. The SMILES string of the molecule is Cn1ccc(C(=O)NCCOCCNC(=O)c2ccn(C)c(=O)c2O)c(O)c1=O.O=C(NCCCN(CCCCN(CCCNC(=O)c1cccc(=O)n1O)C(=O)c1cccc(=O)n1O)C(=O)c1cccc(=O)n1O)c1cccc(=O)n1O. The van der Waals surface area contributed by atoms with Crippen LogP contribution in [0.15, 0.2) is 126 Å². The molecule has 442 valence electrons. The summed E-state index contributed by atoms with van der Waals surface area (Å²) in [6.07, 6.45) is 3.63. The van der Waals surface area contributed by atoms with E-state index in [1.54, 1.807) is 0 Å². The molecule has 31 heteroatoms. The van der Waals surface area contributed by atoms with E-state index < -0.39 is 80.3 Å². The van der Waals surface area contributed by atoms with Gasteiger partial charge in [-0.2, -0.15) is 0 Å². The molecule has 10 N–H and O–H groups in total. The summed E-state index contributed by atoms with van der Waals surface area (Å²) in [6, 6.07) is 17.1. The lowest BCUT2D eigenvalue weighted by Crippen LogP contribution is -2.40. The zero-order chi connectivity index (χ0) is 60.9. The van der Waals surface area contributed by atoms with Gasteiger partial charge in [-0.15, -0.1) is 18.9 Å². The van der Waals surface area contributed by atoms with Gasteiger partial charge >= 0.3 is 0 Å². The Morgan fingerprint density at radius 1 is 0.422 bits per heavy atom. The Balaban J connectivity index is 0.000000366. The van der Waals surface area contributed by atoms with E-state index in [1.165, 1.54) is 97.0 Å². The largest absolute Gasteiger partial charge is 0.502 e. The van der Waals surface area contributed by atoms with E-state index in [1.807, 2.05) is 0 Å². The van der Waals surface area contributed by atoms with E-state index in [2.05, 4.69) is 21.3 Å². The van der Waals surface area contributed by atoms with Gasteiger partial charge in [0.05, 0.1) is 24.3 Å². The molecule has 6 heterocycles. The van der Waals surface area contributed by atoms with Gasteiger partial charge in [-0.3, -0.25) is 57.5 Å². The average molecular weight is 1160 g/mol. The molecule has 0 aliphatic heterocycles. The lowest BCUT2D eigenvalue weighted by Gasteiger charge is -2.26. The molecule has 0 unspecified atom stereocenters. The van der Waals surface area contributed by atoms with Crippen LogP contribution < -0.4 is 54.6 Å². The minimum atomic E-state index is -0.839. The van der Waals surface area contributed by atoms with Crippen molar-refractivity contribution < 1.29 is 64.5 Å². The topological polar surface area (TPSA) is 420 Å². The second-order valence-electron chi connectivity index (χ2n) is 17.9. The van der Waals surface area contributed by atoms with Crippen LogP contribution in [0.1, 0.15) is 88.4 Å². The number of hydrogen-bond donors (Lipinski definition) is 10. The Kier molecular flexibility index (Phi) is 22.8. The summed E-state index contributed by atoms with van der Waals surface area (Å²) in [6.45, 7) is 0.669. The molecule has 6 amide bonds. The highest BCUT2D eigenvalue weighted by atomic mass is 16.5. The van der Waals surface area contributed by atoms with Gasteiger partial charge in [0.25, 0.3) is 68.8 Å². The Labute approximate surface area is 468 Å². The number of aromatic hydroxyl groups is 2. The zero-order valence-electron chi connectivity index (χ0n) is 44.7. The first-order valence-corrected chi connectivity index (χ1v) is 25.3. The quantitative estimate of drug-likeness (QED) is 0.0218. The molecule has 0 aromatic carbocycles. The molecule has 0 atom stereocenters. The lowest BCUT2D eigenvalue weighted by atomic mass is 10.2. The van der Waals surface area contributed by atoms with Gasteiger partial charge in [0, 0.05) is 103 Å². The highest BCUT2D eigenvalue weighted by Gasteiger charge is 2.23. The first-order chi connectivity index (χ1) is 39.5. The number of amides is 6. The van der Waals surface area contributed by atoms with Crippen LogP contribution in [0, 0.1) is 0 Å². The van der Waals surface area contributed by atoms with E-state index in [-0.39, 0.29) is 144 Å². The molecular formula is C52H60N12O19. The van der Waals surface area contributed by atoms with Crippen LogP contribution in [0.25, 0.3) is 0 Å². The maximum Gasteiger partial charge on any atom is 0.293 e. The highest BCUT2D eigenvalue weighted by molar-refractivity contribution is 5.97. The second-order valence-corrected chi connectivity index (χ2v) is 17.9. The smallest absolute Gasteiger partial charge is 0.293 e. The summed E-state index contributed by atoms with van der Waals surface area (Å²) < 4.78 is 8.37. The number of carbonyl (C=O) groups is 6. The summed E-state index contributed by atoms with van der Waals surface area (Å²) in [5, 5.41) is 69.6. The van der Waals surface area contributed by atoms with Crippen molar-refractivity contribution >= 4 is 35.4 Å². The maximum absolute atomic E-state index is 13.5. The molecule has 0 radical (unpaired) electrons. The van der Waals surface area contributed by atoms with Crippen molar-refractivity contribution in [1.29, 1.82) is 0 Å². The molecule has 6 aromatic heterocycles. The van der Waals surface area contributed by atoms with Crippen LogP contribution in [0.2, 0.25) is 0 Å². The number of aryl methyl sites for hydroxylation is 2. The molecule has 83 heavy (non-hydrogen) atoms. The monoisotopic (exact) mass is 1160 g/mol. The van der Waals surface area contributed by atoms with Gasteiger partial charge in [0.2, 0.25) is 0 Å². The van der Waals surface area contributed by atoms with E-state index in [0.29, 0.717) is 0 Å². The Hall–Kier alpha value is -10.7. The van der Waals surface area contributed by atoms with Crippen LogP contribution in [0.3, 0.4) is 0 Å². The summed E-state index contributed by atoms with van der Waals surface area (Å²) in [5.41, 5.74) is -6.14. The Morgan fingerprint density at radius 2 is 0.723 bits per heavy atom. The molecule has 0 spiro atoms. The molecule has 6 rings (SSSR count). The van der Waals surface area contributed by atoms with Gasteiger partial charge in [-0.1, -0.05) is 24.3 Å². The van der Waals surface area contributed by atoms with Crippen LogP contribution in [0.4, 0.5) is 0 Å². The summed E-state index contributed by atoms with van der Waals surface area (Å²) in [4.78, 5) is 149. The highest BCUT2D eigenvalue weighted by Crippen LogP contribution is 2.12. The summed E-state index contributed by atoms with van der Waals surface area (Å²) in [5.74, 6) is -5.40. The van der Waals surface area contributed by atoms with Crippen molar-refractivity contribution in [3.05, 3.63) is 193 Å². The van der Waals surface area contributed by atoms with Gasteiger partial charge in [0.1, 0.15) is 22.8 Å². The third-order valence-electron chi connectivity index (χ3n) is 12.1. The standard InChI is InChI=1S/C34H38N8O12.C18H22N4O7/c43-27-13-3-9-23(39(27)51)31(47)35-17-7-21-37(33(49)25-11-5-15-29(45)41(25)53)19-1-2-20-38(34(50)26-12-6-16-30(46)42(26)54)22-8-18-36-32(48)24-10-4-14-28(44)40(24)52;1-21-7-3-11(13(23)17(21)27)15(25)19-5-9-29-10-6-20-16(26)12-4-8-22(2)18(28)14(12)24/h3-6,9-16,51-54H,1-2,7-8,17-22H2,(H,35,47)(H,36,48);3-4,7-8,23-24H,5-6,9-10H2,1-2H3,(H,19,25)(H,20,26). The average Bonchev–Trinajstić information content (AvgIpc) is 3.50. The van der Waals surface area contributed by atoms with Crippen molar-refractivity contribution in [2.75, 3.05) is 65.6 Å². The summed E-state index contributed by atoms with van der Waals surface area (Å²) >= 11 is 0. The van der Waals surface area contributed by atoms with E-state index in [9.17, 15) is 88.6 Å². The first kappa shape index (κ1) is 63.1.